The molecule has 4 rings (SSSR count). The van der Waals surface area contributed by atoms with Crippen molar-refractivity contribution < 1.29 is 9.90 Å². The van der Waals surface area contributed by atoms with E-state index >= 15 is 0 Å². The molecule has 2 aromatic rings. The average molecular weight is 350 g/mol. The van der Waals surface area contributed by atoms with Crippen molar-refractivity contribution in [3.8, 4) is 0 Å². The fourth-order valence-electron chi connectivity index (χ4n) is 4.31. The van der Waals surface area contributed by atoms with Crippen LogP contribution >= 0.6 is 0 Å². The molecule has 0 saturated carbocycles. The molecule has 1 aromatic carbocycles. The number of hydrogen-bond donors (Lipinski definition) is 2. The number of carbonyl (C=O) groups is 1. The molecule has 1 heterocycles. The SMILES string of the molecule is Cc1ccc2[nH]c3c(c2c1)CCC[C@H]3N=CC1=C(O)CC(C)(C)CC1=O. The largest absolute Gasteiger partial charge is 0.511 e. The molecule has 2 aliphatic carbocycles. The zero-order valence-corrected chi connectivity index (χ0v) is 15.7. The summed E-state index contributed by atoms with van der Waals surface area (Å²) in [5.74, 6) is 0.170. The molecule has 4 heteroatoms. The van der Waals surface area contributed by atoms with Gasteiger partial charge in [0.05, 0.1) is 11.6 Å². The Morgan fingerprint density at radius 1 is 1.31 bits per heavy atom. The first-order valence-electron chi connectivity index (χ1n) is 9.44. The number of aliphatic hydroxyl groups is 1. The summed E-state index contributed by atoms with van der Waals surface area (Å²) in [6.45, 7) is 6.13. The van der Waals surface area contributed by atoms with Gasteiger partial charge in [0, 0.05) is 35.7 Å². The molecule has 26 heavy (non-hydrogen) atoms. The normalized spacial score (nSPS) is 23.0. The molecule has 4 nitrogen and oxygen atoms in total. The number of fused-ring (bicyclic) bond motifs is 3. The first-order chi connectivity index (χ1) is 12.3. The van der Waals surface area contributed by atoms with Crippen molar-refractivity contribution in [2.45, 2.75) is 58.9 Å². The van der Waals surface area contributed by atoms with Crippen LogP contribution in [0.5, 0.6) is 0 Å². The lowest BCUT2D eigenvalue weighted by molar-refractivity contribution is -0.117. The van der Waals surface area contributed by atoms with Crippen molar-refractivity contribution in [1.82, 2.24) is 4.98 Å². The van der Waals surface area contributed by atoms with Gasteiger partial charge in [-0.05, 0) is 49.3 Å². The molecule has 0 fully saturated rings. The van der Waals surface area contributed by atoms with Crippen LogP contribution in [-0.2, 0) is 11.2 Å². The number of aliphatic imine (C=N–C) groups is 1. The highest BCUT2D eigenvalue weighted by Crippen LogP contribution is 2.38. The van der Waals surface area contributed by atoms with Crippen LogP contribution in [-0.4, -0.2) is 22.1 Å². The monoisotopic (exact) mass is 350 g/mol. The summed E-state index contributed by atoms with van der Waals surface area (Å²) in [7, 11) is 0. The van der Waals surface area contributed by atoms with Crippen LogP contribution in [0.1, 0.15) is 62.4 Å². The summed E-state index contributed by atoms with van der Waals surface area (Å²) in [6, 6.07) is 6.51. The highest BCUT2D eigenvalue weighted by atomic mass is 16.3. The van der Waals surface area contributed by atoms with Crippen molar-refractivity contribution >= 4 is 22.9 Å². The molecule has 0 bridgehead atoms. The minimum atomic E-state index is -0.175. The number of aryl methyl sites for hydroxylation is 2. The van der Waals surface area contributed by atoms with Crippen molar-refractivity contribution in [3.63, 3.8) is 0 Å². The van der Waals surface area contributed by atoms with Crippen LogP contribution in [0.3, 0.4) is 0 Å². The van der Waals surface area contributed by atoms with Gasteiger partial charge in [-0.3, -0.25) is 9.79 Å². The molecular weight excluding hydrogens is 324 g/mol. The van der Waals surface area contributed by atoms with Gasteiger partial charge in [-0.25, -0.2) is 0 Å². The van der Waals surface area contributed by atoms with Gasteiger partial charge in [0.25, 0.3) is 0 Å². The van der Waals surface area contributed by atoms with Gasteiger partial charge in [-0.1, -0.05) is 25.5 Å². The number of H-pyrrole nitrogens is 1. The molecule has 1 aromatic heterocycles. The van der Waals surface area contributed by atoms with Crippen LogP contribution in [0.15, 0.2) is 34.5 Å². The summed E-state index contributed by atoms with van der Waals surface area (Å²) in [6.07, 6.45) is 5.71. The topological polar surface area (TPSA) is 65.4 Å². The number of ketones is 1. The maximum Gasteiger partial charge on any atom is 0.168 e. The summed E-state index contributed by atoms with van der Waals surface area (Å²) in [5, 5.41) is 11.6. The van der Waals surface area contributed by atoms with Crippen molar-refractivity contribution in [2.24, 2.45) is 10.4 Å². The van der Waals surface area contributed by atoms with Gasteiger partial charge in [0.2, 0.25) is 0 Å². The Labute approximate surface area is 154 Å². The second-order valence-electron chi connectivity index (χ2n) is 8.55. The molecule has 0 spiro atoms. The maximum atomic E-state index is 12.4. The number of carbonyl (C=O) groups excluding carboxylic acids is 1. The fraction of sp³-hybridized carbons (Fsp3) is 0.455. The third kappa shape index (κ3) is 2.98. The average Bonchev–Trinajstić information content (AvgIpc) is 2.92. The van der Waals surface area contributed by atoms with E-state index in [1.807, 2.05) is 13.8 Å². The van der Waals surface area contributed by atoms with Gasteiger partial charge in [0.1, 0.15) is 5.76 Å². The number of rotatable bonds is 2. The molecule has 136 valence electrons. The van der Waals surface area contributed by atoms with Gasteiger partial charge >= 0.3 is 0 Å². The van der Waals surface area contributed by atoms with Crippen LogP contribution in [0, 0.1) is 12.3 Å². The summed E-state index contributed by atoms with van der Waals surface area (Å²) >= 11 is 0. The smallest absolute Gasteiger partial charge is 0.168 e. The van der Waals surface area contributed by atoms with E-state index in [1.165, 1.54) is 16.5 Å². The summed E-state index contributed by atoms with van der Waals surface area (Å²) in [4.78, 5) is 20.7. The second kappa shape index (κ2) is 6.11. The van der Waals surface area contributed by atoms with Gasteiger partial charge < -0.3 is 10.1 Å². The standard InChI is InChI=1S/C22H26N2O2/c1-13-7-8-17-15(9-13)14-5-4-6-18(21(14)24-17)23-12-16-19(25)10-22(2,3)11-20(16)26/h7-9,12,18,24-25H,4-6,10-11H2,1-3H3/t18-/m1/s1. The molecule has 0 radical (unpaired) electrons. The molecule has 2 N–H and O–H groups in total. The van der Waals surface area contributed by atoms with Crippen LogP contribution < -0.4 is 0 Å². The maximum absolute atomic E-state index is 12.4. The molecule has 0 amide bonds. The predicted molar refractivity (Wildman–Crippen MR) is 105 cm³/mol. The molecular formula is C22H26N2O2. The fourth-order valence-corrected chi connectivity index (χ4v) is 4.31. The zero-order chi connectivity index (χ0) is 18.5. The third-order valence-electron chi connectivity index (χ3n) is 5.61. The van der Waals surface area contributed by atoms with E-state index in [1.54, 1.807) is 6.21 Å². The quantitative estimate of drug-likeness (QED) is 0.738. The molecule has 1 atom stereocenters. The first kappa shape index (κ1) is 17.1. The molecule has 0 aliphatic heterocycles. The Kier molecular flexibility index (Phi) is 4.02. The molecule has 2 aliphatic rings. The van der Waals surface area contributed by atoms with E-state index in [4.69, 9.17) is 4.99 Å². The summed E-state index contributed by atoms with van der Waals surface area (Å²) < 4.78 is 0. The lowest BCUT2D eigenvalue weighted by atomic mass is 9.77. The van der Waals surface area contributed by atoms with E-state index in [0.29, 0.717) is 18.4 Å². The highest BCUT2D eigenvalue weighted by Gasteiger charge is 2.32. The predicted octanol–water partition coefficient (Wildman–Crippen LogP) is 5.13. The van der Waals surface area contributed by atoms with Crippen LogP contribution in [0.4, 0.5) is 0 Å². The van der Waals surface area contributed by atoms with E-state index in [-0.39, 0.29) is 23.0 Å². The van der Waals surface area contributed by atoms with E-state index in [0.717, 1.165) is 30.5 Å². The van der Waals surface area contributed by atoms with Gasteiger partial charge in [-0.15, -0.1) is 0 Å². The van der Waals surface area contributed by atoms with Crippen molar-refractivity contribution in [3.05, 3.63) is 46.4 Å². The minimum Gasteiger partial charge on any atom is -0.511 e. The second-order valence-corrected chi connectivity index (χ2v) is 8.55. The van der Waals surface area contributed by atoms with E-state index < -0.39 is 0 Å². The Morgan fingerprint density at radius 2 is 2.12 bits per heavy atom. The number of hydrogen-bond acceptors (Lipinski definition) is 3. The van der Waals surface area contributed by atoms with Gasteiger partial charge in [-0.2, -0.15) is 0 Å². The number of nitrogens with one attached hydrogen (secondary N) is 1. The first-order valence-corrected chi connectivity index (χ1v) is 9.44. The van der Waals surface area contributed by atoms with Crippen LogP contribution in [0.25, 0.3) is 10.9 Å². The number of Topliss-reactive ketones (excluding diaryl/α,β-unsaturated/α-hetero) is 1. The number of aromatic nitrogens is 1. The van der Waals surface area contributed by atoms with Crippen molar-refractivity contribution in [2.75, 3.05) is 0 Å². The highest BCUT2D eigenvalue weighted by molar-refractivity contribution is 6.14. The van der Waals surface area contributed by atoms with E-state index in [2.05, 4.69) is 30.1 Å². The molecule has 0 saturated heterocycles. The van der Waals surface area contributed by atoms with E-state index in [9.17, 15) is 9.90 Å². The number of aliphatic hydroxyl groups excluding tert-OH is 1. The Balaban J connectivity index is 1.68. The number of aromatic amines is 1. The minimum absolute atomic E-state index is 0.00851. The lowest BCUT2D eigenvalue weighted by Crippen LogP contribution is -2.26. The number of allylic oxidation sites excluding steroid dienone is 2. The molecule has 0 unspecified atom stereocenters. The Bertz CT molecular complexity index is 946. The number of nitrogens with zero attached hydrogens (tertiary/aromatic N) is 1. The Hall–Kier alpha value is -2.36. The lowest BCUT2D eigenvalue weighted by Gasteiger charge is -2.28. The Morgan fingerprint density at radius 3 is 2.88 bits per heavy atom. The third-order valence-corrected chi connectivity index (χ3v) is 5.61. The van der Waals surface area contributed by atoms with Crippen molar-refractivity contribution in [1.29, 1.82) is 0 Å². The zero-order valence-electron chi connectivity index (χ0n) is 15.7. The van der Waals surface area contributed by atoms with Crippen LogP contribution in [0.2, 0.25) is 0 Å². The number of benzene rings is 1. The van der Waals surface area contributed by atoms with Gasteiger partial charge in [0.15, 0.2) is 5.78 Å². The summed E-state index contributed by atoms with van der Waals surface area (Å²) in [5.41, 5.74) is 5.15.